The Balaban J connectivity index is 2.54. The van der Waals surface area contributed by atoms with E-state index in [4.69, 9.17) is 0 Å². The van der Waals surface area contributed by atoms with E-state index < -0.39 is 0 Å². The average Bonchev–Trinajstić information content (AvgIpc) is 2.51. The first-order chi connectivity index (χ1) is 8.67. The monoisotopic (exact) mass is 246 g/mol. The van der Waals surface area contributed by atoms with E-state index in [0.29, 0.717) is 0 Å². The molecule has 1 aliphatic carbocycles. The van der Waals surface area contributed by atoms with Crippen molar-refractivity contribution < 1.29 is 0 Å². The highest BCUT2D eigenvalue weighted by atomic mass is 14.2. The summed E-state index contributed by atoms with van der Waals surface area (Å²) in [6.45, 7) is 8.99. The summed E-state index contributed by atoms with van der Waals surface area (Å²) >= 11 is 0. The molecule has 1 aliphatic rings. The molecule has 0 amide bonds. The van der Waals surface area contributed by atoms with Crippen LogP contribution in [0.15, 0.2) is 28.5 Å². The first-order valence-corrected chi connectivity index (χ1v) is 7.73. The number of allylic oxidation sites excluding steroid dienone is 3. The summed E-state index contributed by atoms with van der Waals surface area (Å²) < 4.78 is 0. The van der Waals surface area contributed by atoms with Gasteiger partial charge in [-0.25, -0.2) is 0 Å². The van der Waals surface area contributed by atoms with Crippen molar-refractivity contribution in [1.82, 2.24) is 0 Å². The maximum atomic E-state index is 3.30. The highest BCUT2D eigenvalue weighted by molar-refractivity contribution is 5.16. The molecular formula is C18H30. The molecule has 0 nitrogen and oxygen atoms in total. The van der Waals surface area contributed by atoms with Gasteiger partial charge in [-0.2, -0.15) is 0 Å². The standard InChI is InChI=1S/C18H30/c1-5-9-15(3)10-7-12-18-13-8-11-16(4)14-17(18)6-2/h5,16H,6-8,10-14H2,1-4H3. The zero-order valence-corrected chi connectivity index (χ0v) is 12.8. The van der Waals surface area contributed by atoms with E-state index in [0.717, 1.165) is 5.92 Å². The molecule has 0 heteroatoms. The van der Waals surface area contributed by atoms with E-state index in [9.17, 15) is 0 Å². The fraction of sp³-hybridized carbons (Fsp3) is 0.722. The number of rotatable bonds is 5. The van der Waals surface area contributed by atoms with Crippen LogP contribution in [0.25, 0.3) is 0 Å². The second kappa shape index (κ2) is 8.38. The molecule has 0 saturated carbocycles. The maximum absolute atomic E-state index is 3.30. The van der Waals surface area contributed by atoms with E-state index in [1.807, 2.05) is 13.0 Å². The van der Waals surface area contributed by atoms with E-state index in [2.05, 4.69) is 26.5 Å². The van der Waals surface area contributed by atoms with Crippen LogP contribution < -0.4 is 0 Å². The normalized spacial score (nSPS) is 20.3. The third-order valence-electron chi connectivity index (χ3n) is 4.12. The van der Waals surface area contributed by atoms with Gasteiger partial charge in [-0.3, -0.25) is 0 Å². The van der Waals surface area contributed by atoms with E-state index in [1.165, 1.54) is 56.9 Å². The molecule has 0 radical (unpaired) electrons. The number of hydrogen-bond acceptors (Lipinski definition) is 0. The molecule has 0 fully saturated rings. The van der Waals surface area contributed by atoms with E-state index in [-0.39, 0.29) is 0 Å². The second-order valence-corrected chi connectivity index (χ2v) is 5.83. The van der Waals surface area contributed by atoms with Gasteiger partial charge in [0.05, 0.1) is 0 Å². The van der Waals surface area contributed by atoms with Gasteiger partial charge in [0.2, 0.25) is 0 Å². The SMILES string of the molecule is CC=C=C(C)CCCC1=C(CC)CC(C)CCC1. The van der Waals surface area contributed by atoms with Crippen LogP contribution >= 0.6 is 0 Å². The Labute approximate surface area is 114 Å². The summed E-state index contributed by atoms with van der Waals surface area (Å²) in [6.07, 6.45) is 12.7. The fourth-order valence-electron chi connectivity index (χ4n) is 3.09. The summed E-state index contributed by atoms with van der Waals surface area (Å²) in [5, 5.41) is 0. The van der Waals surface area contributed by atoms with Gasteiger partial charge in [0.15, 0.2) is 0 Å². The van der Waals surface area contributed by atoms with Crippen molar-refractivity contribution >= 4 is 0 Å². The smallest absolute Gasteiger partial charge is 0.0244 e. The van der Waals surface area contributed by atoms with Crippen LogP contribution in [0.3, 0.4) is 0 Å². The Bertz CT molecular complexity index is 337. The zero-order chi connectivity index (χ0) is 13.4. The van der Waals surface area contributed by atoms with Crippen LogP contribution in [0.4, 0.5) is 0 Å². The Morgan fingerprint density at radius 2 is 2.17 bits per heavy atom. The van der Waals surface area contributed by atoms with Crippen LogP contribution in [-0.2, 0) is 0 Å². The fourth-order valence-corrected chi connectivity index (χ4v) is 3.09. The molecule has 0 heterocycles. The Morgan fingerprint density at radius 1 is 1.39 bits per heavy atom. The van der Waals surface area contributed by atoms with Crippen molar-refractivity contribution in [2.75, 3.05) is 0 Å². The average molecular weight is 246 g/mol. The number of hydrogen-bond donors (Lipinski definition) is 0. The Kier molecular flexibility index (Phi) is 7.13. The minimum atomic E-state index is 0.905. The molecule has 1 unspecified atom stereocenters. The molecular weight excluding hydrogens is 216 g/mol. The molecule has 18 heavy (non-hydrogen) atoms. The first kappa shape index (κ1) is 15.3. The molecule has 102 valence electrons. The maximum Gasteiger partial charge on any atom is -0.0244 e. The molecule has 0 saturated heterocycles. The quantitative estimate of drug-likeness (QED) is 0.400. The predicted molar refractivity (Wildman–Crippen MR) is 81.7 cm³/mol. The van der Waals surface area contributed by atoms with Gasteiger partial charge in [-0.15, -0.1) is 5.73 Å². The van der Waals surface area contributed by atoms with Gasteiger partial charge >= 0.3 is 0 Å². The molecule has 0 bridgehead atoms. The van der Waals surface area contributed by atoms with E-state index in [1.54, 1.807) is 11.1 Å². The van der Waals surface area contributed by atoms with Crippen LogP contribution in [-0.4, -0.2) is 0 Å². The Hall–Kier alpha value is -0.740. The summed E-state index contributed by atoms with van der Waals surface area (Å²) in [4.78, 5) is 0. The largest absolute Gasteiger partial charge is 0.127 e. The minimum Gasteiger partial charge on any atom is -0.127 e. The van der Waals surface area contributed by atoms with E-state index >= 15 is 0 Å². The molecule has 0 aromatic heterocycles. The van der Waals surface area contributed by atoms with Gasteiger partial charge in [-0.05, 0) is 76.4 Å². The molecule has 0 N–H and O–H groups in total. The highest BCUT2D eigenvalue weighted by Gasteiger charge is 2.14. The predicted octanol–water partition coefficient (Wildman–Crippen LogP) is 6.19. The molecule has 1 rings (SSSR count). The van der Waals surface area contributed by atoms with Gasteiger partial charge in [0.25, 0.3) is 0 Å². The van der Waals surface area contributed by atoms with Crippen LogP contribution in [0.1, 0.15) is 79.1 Å². The summed E-state index contributed by atoms with van der Waals surface area (Å²) in [5.41, 5.74) is 8.26. The van der Waals surface area contributed by atoms with Crippen molar-refractivity contribution in [2.45, 2.75) is 79.1 Å². The van der Waals surface area contributed by atoms with Gasteiger partial charge in [0, 0.05) is 0 Å². The molecule has 0 aliphatic heterocycles. The van der Waals surface area contributed by atoms with Crippen molar-refractivity contribution in [3.8, 4) is 0 Å². The molecule has 0 aromatic rings. The van der Waals surface area contributed by atoms with Crippen molar-refractivity contribution in [1.29, 1.82) is 0 Å². The zero-order valence-electron chi connectivity index (χ0n) is 12.8. The van der Waals surface area contributed by atoms with Crippen molar-refractivity contribution in [3.05, 3.63) is 28.5 Å². The van der Waals surface area contributed by atoms with Crippen LogP contribution in [0.5, 0.6) is 0 Å². The lowest BCUT2D eigenvalue weighted by Gasteiger charge is -2.13. The molecule has 1 atom stereocenters. The topological polar surface area (TPSA) is 0 Å². The lowest BCUT2D eigenvalue weighted by atomic mass is 9.94. The molecule has 0 aromatic carbocycles. The van der Waals surface area contributed by atoms with Gasteiger partial charge in [-0.1, -0.05) is 31.4 Å². The highest BCUT2D eigenvalue weighted by Crippen LogP contribution is 2.32. The lowest BCUT2D eigenvalue weighted by Crippen LogP contribution is -1.95. The minimum absolute atomic E-state index is 0.905. The third-order valence-corrected chi connectivity index (χ3v) is 4.12. The van der Waals surface area contributed by atoms with Gasteiger partial charge in [0.1, 0.15) is 0 Å². The summed E-state index contributed by atoms with van der Waals surface area (Å²) in [7, 11) is 0. The summed E-state index contributed by atoms with van der Waals surface area (Å²) in [6, 6.07) is 0. The third kappa shape index (κ3) is 5.27. The Morgan fingerprint density at radius 3 is 2.83 bits per heavy atom. The molecule has 0 spiro atoms. The van der Waals surface area contributed by atoms with Gasteiger partial charge < -0.3 is 0 Å². The van der Waals surface area contributed by atoms with Crippen molar-refractivity contribution in [3.63, 3.8) is 0 Å². The summed E-state index contributed by atoms with van der Waals surface area (Å²) in [5.74, 6) is 0.905. The lowest BCUT2D eigenvalue weighted by molar-refractivity contribution is 0.519. The first-order valence-electron chi connectivity index (χ1n) is 7.73. The second-order valence-electron chi connectivity index (χ2n) is 5.83. The van der Waals surface area contributed by atoms with Crippen LogP contribution in [0, 0.1) is 5.92 Å². The van der Waals surface area contributed by atoms with Crippen molar-refractivity contribution in [2.24, 2.45) is 5.92 Å². The van der Waals surface area contributed by atoms with Crippen LogP contribution in [0.2, 0.25) is 0 Å².